The van der Waals surface area contributed by atoms with Crippen LogP contribution in [0.1, 0.15) is 19.8 Å². The fourth-order valence-electron chi connectivity index (χ4n) is 1.56. The summed E-state index contributed by atoms with van der Waals surface area (Å²) in [5.74, 6) is 1.52. The monoisotopic (exact) mass is 316 g/mol. The van der Waals surface area contributed by atoms with E-state index in [0.717, 1.165) is 4.90 Å². The molecule has 7 heteroatoms. The Morgan fingerprint density at radius 1 is 1.56 bits per heavy atom. The first-order valence-corrected chi connectivity index (χ1v) is 6.24. The molecule has 0 aromatic carbocycles. The molecule has 0 aliphatic carbocycles. The molecule has 0 bridgehead atoms. The van der Waals surface area contributed by atoms with Crippen LogP contribution in [0, 0.1) is 12.3 Å². The number of carbonyl (C=O) groups excluding carboxylic acids is 3. The van der Waals surface area contributed by atoms with Crippen LogP contribution in [0.5, 0.6) is 0 Å². The third-order valence-corrected chi connectivity index (χ3v) is 2.86. The summed E-state index contributed by atoms with van der Waals surface area (Å²) in [5, 5.41) is 2.43. The lowest BCUT2D eigenvalue weighted by Crippen LogP contribution is -2.54. The van der Waals surface area contributed by atoms with E-state index in [1.54, 1.807) is 6.92 Å². The van der Waals surface area contributed by atoms with Crippen molar-refractivity contribution in [1.82, 2.24) is 10.2 Å². The highest BCUT2D eigenvalue weighted by Crippen LogP contribution is 2.19. The minimum absolute atomic E-state index is 0.163. The van der Waals surface area contributed by atoms with E-state index in [2.05, 4.69) is 31.9 Å². The minimum atomic E-state index is -0.780. The zero-order valence-electron chi connectivity index (χ0n) is 9.81. The van der Waals surface area contributed by atoms with E-state index in [-0.39, 0.29) is 36.1 Å². The minimum Gasteiger partial charge on any atom is -0.436 e. The lowest BCUT2D eigenvalue weighted by Gasteiger charge is -2.28. The van der Waals surface area contributed by atoms with Gasteiger partial charge in [-0.2, -0.15) is 0 Å². The molecule has 18 heavy (non-hydrogen) atoms. The molecule has 1 N–H and O–H groups in total. The van der Waals surface area contributed by atoms with E-state index in [1.807, 2.05) is 0 Å². The number of alkyl halides is 1. The molecule has 0 spiro atoms. The maximum absolute atomic E-state index is 11.6. The lowest BCUT2D eigenvalue weighted by atomic mass is 10.3. The predicted octanol–water partition coefficient (Wildman–Crippen LogP) is 0.604. The zero-order chi connectivity index (χ0) is 13.7. The quantitative estimate of drug-likeness (QED) is 0.468. The van der Waals surface area contributed by atoms with Crippen LogP contribution in [-0.4, -0.2) is 40.4 Å². The number of terminal acetylenes is 1. The van der Waals surface area contributed by atoms with Gasteiger partial charge in [0.25, 0.3) is 0 Å². The van der Waals surface area contributed by atoms with E-state index < -0.39 is 12.3 Å². The van der Waals surface area contributed by atoms with Crippen molar-refractivity contribution in [1.29, 1.82) is 0 Å². The van der Waals surface area contributed by atoms with Gasteiger partial charge in [-0.15, -0.1) is 6.42 Å². The van der Waals surface area contributed by atoms with Crippen LogP contribution in [0.4, 0.5) is 4.79 Å². The highest BCUT2D eigenvalue weighted by molar-refractivity contribution is 9.09. The Morgan fingerprint density at radius 2 is 2.11 bits per heavy atom. The standard InChI is InChI=1S/C11H13BrN2O4/c1-3-6-18-11(17)13-10(7(2)12)14-8(15)4-5-9(14)16/h1,7,10H,4-6H2,2H3,(H,13,17)/t7-,10+/m0/s1. The van der Waals surface area contributed by atoms with Crippen LogP contribution in [0.3, 0.4) is 0 Å². The number of hydrogen-bond acceptors (Lipinski definition) is 4. The molecule has 0 aromatic rings. The Morgan fingerprint density at radius 3 is 2.56 bits per heavy atom. The molecule has 1 saturated heterocycles. The summed E-state index contributed by atoms with van der Waals surface area (Å²) in [7, 11) is 0. The number of alkyl carbamates (subject to hydrolysis) is 1. The van der Waals surface area contributed by atoms with E-state index in [1.165, 1.54) is 0 Å². The Kier molecular flexibility index (Phi) is 5.16. The second-order valence-corrected chi connectivity index (χ2v) is 5.15. The zero-order valence-corrected chi connectivity index (χ0v) is 11.4. The number of nitrogens with zero attached hydrogens (tertiary/aromatic N) is 1. The first-order valence-electron chi connectivity index (χ1n) is 5.33. The number of likely N-dealkylation sites (tertiary alicyclic amines) is 1. The van der Waals surface area contributed by atoms with Crippen molar-refractivity contribution in [2.75, 3.05) is 6.61 Å². The van der Waals surface area contributed by atoms with Crippen molar-refractivity contribution in [3.8, 4) is 12.3 Å². The van der Waals surface area contributed by atoms with Crippen LogP contribution in [0.15, 0.2) is 0 Å². The molecule has 0 saturated carbocycles. The number of nitrogens with one attached hydrogen (secondary N) is 1. The maximum atomic E-state index is 11.6. The molecule has 98 valence electrons. The van der Waals surface area contributed by atoms with Gasteiger partial charge in [-0.25, -0.2) is 4.79 Å². The van der Waals surface area contributed by atoms with E-state index in [4.69, 9.17) is 6.42 Å². The summed E-state index contributed by atoms with van der Waals surface area (Å²) < 4.78 is 4.65. The van der Waals surface area contributed by atoms with Gasteiger partial charge < -0.3 is 4.74 Å². The van der Waals surface area contributed by atoms with Gasteiger partial charge in [0.05, 0.1) is 4.83 Å². The Hall–Kier alpha value is -1.55. The summed E-state index contributed by atoms with van der Waals surface area (Å²) in [4.78, 5) is 35.3. The van der Waals surface area contributed by atoms with Gasteiger partial charge in [-0.1, -0.05) is 21.9 Å². The molecule has 1 heterocycles. The first kappa shape index (κ1) is 14.5. The Balaban J connectivity index is 2.71. The molecule has 2 atom stereocenters. The molecule has 0 radical (unpaired) electrons. The number of amides is 3. The van der Waals surface area contributed by atoms with Crippen molar-refractivity contribution in [2.24, 2.45) is 0 Å². The average molecular weight is 317 g/mol. The summed E-state index contributed by atoms with van der Waals surface area (Å²) in [5.41, 5.74) is 0. The van der Waals surface area contributed by atoms with Crippen LogP contribution in [-0.2, 0) is 14.3 Å². The third kappa shape index (κ3) is 3.47. The first-order chi connectivity index (χ1) is 8.47. The van der Waals surface area contributed by atoms with Gasteiger partial charge in [-0.05, 0) is 6.92 Å². The number of hydrogen-bond donors (Lipinski definition) is 1. The van der Waals surface area contributed by atoms with Gasteiger partial charge in [-0.3, -0.25) is 19.8 Å². The lowest BCUT2D eigenvalue weighted by molar-refractivity contribution is -0.141. The smallest absolute Gasteiger partial charge is 0.409 e. The van der Waals surface area contributed by atoms with Crippen molar-refractivity contribution >= 4 is 33.8 Å². The third-order valence-electron chi connectivity index (χ3n) is 2.36. The van der Waals surface area contributed by atoms with E-state index >= 15 is 0 Å². The molecule has 6 nitrogen and oxygen atoms in total. The van der Waals surface area contributed by atoms with Gasteiger partial charge in [0.1, 0.15) is 6.17 Å². The van der Waals surface area contributed by atoms with Crippen molar-refractivity contribution in [2.45, 2.75) is 30.8 Å². The summed E-state index contributed by atoms with van der Waals surface area (Å²) in [6, 6.07) is 0. The summed E-state index contributed by atoms with van der Waals surface area (Å²) in [6.07, 6.45) is 3.73. The number of halogens is 1. The van der Waals surface area contributed by atoms with Crippen LogP contribution in [0.25, 0.3) is 0 Å². The molecule has 1 rings (SSSR count). The van der Waals surface area contributed by atoms with Gasteiger partial charge in [0, 0.05) is 12.8 Å². The number of imide groups is 1. The SMILES string of the molecule is C#CCOC(=O)N[C@@H]([C@H](C)Br)N1C(=O)CCC1=O. The van der Waals surface area contributed by atoms with Crippen molar-refractivity contribution in [3.63, 3.8) is 0 Å². The van der Waals surface area contributed by atoms with Gasteiger partial charge in [0.15, 0.2) is 6.61 Å². The second-order valence-electron chi connectivity index (χ2n) is 3.70. The van der Waals surface area contributed by atoms with E-state index in [0.29, 0.717) is 0 Å². The Labute approximate surface area is 113 Å². The number of ether oxygens (including phenoxy) is 1. The van der Waals surface area contributed by atoms with Crippen molar-refractivity contribution < 1.29 is 19.1 Å². The average Bonchev–Trinajstić information content (AvgIpc) is 2.63. The molecule has 0 aromatic heterocycles. The molecule has 1 aliphatic rings. The molecule has 3 amide bonds. The largest absolute Gasteiger partial charge is 0.436 e. The van der Waals surface area contributed by atoms with E-state index in [9.17, 15) is 14.4 Å². The Bertz CT molecular complexity index is 386. The van der Waals surface area contributed by atoms with Gasteiger partial charge >= 0.3 is 6.09 Å². The highest BCUT2D eigenvalue weighted by Gasteiger charge is 2.38. The predicted molar refractivity (Wildman–Crippen MR) is 66.6 cm³/mol. The fourth-order valence-corrected chi connectivity index (χ4v) is 1.93. The van der Waals surface area contributed by atoms with Crippen molar-refractivity contribution in [3.05, 3.63) is 0 Å². The van der Waals surface area contributed by atoms with Crippen LogP contribution < -0.4 is 5.32 Å². The van der Waals surface area contributed by atoms with Crippen LogP contribution in [0.2, 0.25) is 0 Å². The molecular weight excluding hydrogens is 304 g/mol. The maximum Gasteiger partial charge on any atom is 0.409 e. The fraction of sp³-hybridized carbons (Fsp3) is 0.545. The second kappa shape index (κ2) is 6.40. The van der Waals surface area contributed by atoms with Crippen LogP contribution >= 0.6 is 15.9 Å². The molecule has 1 aliphatic heterocycles. The number of rotatable bonds is 4. The molecular formula is C11H13BrN2O4. The number of carbonyl (C=O) groups is 3. The molecule has 0 unspecified atom stereocenters. The topological polar surface area (TPSA) is 75.7 Å². The summed E-state index contributed by atoms with van der Waals surface area (Å²) in [6.45, 7) is 1.54. The molecule has 1 fully saturated rings. The highest BCUT2D eigenvalue weighted by atomic mass is 79.9. The normalized spacial score (nSPS) is 18.2. The van der Waals surface area contributed by atoms with Gasteiger partial charge in [0.2, 0.25) is 11.8 Å². The summed E-state index contributed by atoms with van der Waals surface area (Å²) >= 11 is 3.25.